The molecule has 15 heavy (non-hydrogen) atoms. The molecule has 0 bridgehead atoms. The number of hydrogen-bond acceptors (Lipinski definition) is 3. The minimum absolute atomic E-state index is 0.321. The van der Waals surface area contributed by atoms with Gasteiger partial charge >= 0.3 is 6.05 Å². The Balaban J connectivity index is 4.20. The van der Waals surface area contributed by atoms with Gasteiger partial charge in [0, 0.05) is 0 Å². The van der Waals surface area contributed by atoms with Gasteiger partial charge in [-0.2, -0.15) is 8.78 Å². The van der Waals surface area contributed by atoms with Crippen LogP contribution in [0.15, 0.2) is 0 Å². The molecule has 0 aromatic heterocycles. The normalized spacial score (nSPS) is 13.1. The topological polar surface area (TPSA) is 64.3 Å². The third-order valence-electron chi connectivity index (χ3n) is 1.48. The molecule has 0 aliphatic carbocycles. The third-order valence-corrected chi connectivity index (χ3v) is 1.48. The van der Waals surface area contributed by atoms with Crippen LogP contribution in [0.2, 0.25) is 0 Å². The second-order valence-electron chi connectivity index (χ2n) is 4.24. The predicted octanol–water partition coefficient (Wildman–Crippen LogP) is 0.858. The van der Waals surface area contributed by atoms with Crippen LogP contribution >= 0.6 is 0 Å². The molecule has 0 saturated heterocycles. The fraction of sp³-hybridized carbons (Fsp3) is 0.889. The molecular weight excluding hydrogens is 206 g/mol. The van der Waals surface area contributed by atoms with Gasteiger partial charge in [0.1, 0.15) is 6.61 Å². The maximum absolute atomic E-state index is 13.1. The van der Waals surface area contributed by atoms with Crippen molar-refractivity contribution in [2.24, 2.45) is 5.73 Å². The summed E-state index contributed by atoms with van der Waals surface area (Å²) in [6.07, 6.45) is -0.321. The number of nitrogens with two attached hydrogens (primary N) is 1. The van der Waals surface area contributed by atoms with Gasteiger partial charge in [0.15, 0.2) is 0 Å². The van der Waals surface area contributed by atoms with Gasteiger partial charge in [-0.15, -0.1) is 0 Å². The van der Waals surface area contributed by atoms with Crippen molar-refractivity contribution < 1.29 is 18.3 Å². The molecule has 1 amide bonds. The Kier molecular flexibility index (Phi) is 4.61. The molecule has 0 fully saturated rings. The first-order valence-electron chi connectivity index (χ1n) is 4.65. The maximum Gasteiger partial charge on any atom is 0.348 e. The predicted molar refractivity (Wildman–Crippen MR) is 52.4 cm³/mol. The van der Waals surface area contributed by atoms with Gasteiger partial charge in [0.25, 0.3) is 0 Å². The summed E-state index contributed by atoms with van der Waals surface area (Å²) in [6.45, 7) is 5.10. The SMILES string of the molecule is CC(C)OCC(F)(F)NC(=O)C(C)(C)N. The van der Waals surface area contributed by atoms with E-state index < -0.39 is 24.1 Å². The Morgan fingerprint density at radius 3 is 2.27 bits per heavy atom. The second kappa shape index (κ2) is 4.85. The number of carbonyl (C=O) groups excluding carboxylic acids is 1. The molecule has 0 spiro atoms. The molecule has 4 nitrogen and oxygen atoms in total. The van der Waals surface area contributed by atoms with Crippen molar-refractivity contribution in [3.05, 3.63) is 0 Å². The zero-order chi connectivity index (χ0) is 12.3. The number of ether oxygens (including phenoxy) is 1. The van der Waals surface area contributed by atoms with Crippen LogP contribution in [0, 0.1) is 0 Å². The lowest BCUT2D eigenvalue weighted by atomic mass is 10.1. The highest BCUT2D eigenvalue weighted by molar-refractivity contribution is 5.85. The molecule has 0 aromatic rings. The average molecular weight is 224 g/mol. The quantitative estimate of drug-likeness (QED) is 0.681. The van der Waals surface area contributed by atoms with Gasteiger partial charge in [0.05, 0.1) is 11.6 Å². The zero-order valence-corrected chi connectivity index (χ0v) is 9.43. The van der Waals surface area contributed by atoms with Crippen molar-refractivity contribution in [1.82, 2.24) is 5.32 Å². The van der Waals surface area contributed by atoms with Crippen LogP contribution < -0.4 is 11.1 Å². The van der Waals surface area contributed by atoms with E-state index in [0.29, 0.717) is 0 Å². The molecular formula is C9H18F2N2O2. The van der Waals surface area contributed by atoms with E-state index in [-0.39, 0.29) is 6.10 Å². The van der Waals surface area contributed by atoms with E-state index in [0.717, 1.165) is 0 Å². The molecule has 0 radical (unpaired) electrons. The van der Waals surface area contributed by atoms with Crippen LogP contribution in [0.4, 0.5) is 8.78 Å². The first-order valence-corrected chi connectivity index (χ1v) is 4.65. The van der Waals surface area contributed by atoms with Crippen LogP contribution in [0.25, 0.3) is 0 Å². The molecule has 0 aliphatic heterocycles. The number of alkyl halides is 2. The first-order chi connectivity index (χ1) is 6.54. The fourth-order valence-electron chi connectivity index (χ4n) is 0.635. The highest BCUT2D eigenvalue weighted by Crippen LogP contribution is 2.12. The van der Waals surface area contributed by atoms with Crippen molar-refractivity contribution in [3.63, 3.8) is 0 Å². The number of amides is 1. The second-order valence-corrected chi connectivity index (χ2v) is 4.24. The van der Waals surface area contributed by atoms with E-state index >= 15 is 0 Å². The highest BCUT2D eigenvalue weighted by atomic mass is 19.3. The van der Waals surface area contributed by atoms with Crippen molar-refractivity contribution in [2.75, 3.05) is 6.61 Å². The van der Waals surface area contributed by atoms with Crippen LogP contribution in [-0.2, 0) is 9.53 Å². The van der Waals surface area contributed by atoms with E-state index in [1.807, 2.05) is 0 Å². The Hall–Kier alpha value is -0.750. The van der Waals surface area contributed by atoms with E-state index in [4.69, 9.17) is 10.5 Å². The van der Waals surface area contributed by atoms with E-state index in [1.165, 1.54) is 19.2 Å². The summed E-state index contributed by atoms with van der Waals surface area (Å²) < 4.78 is 30.8. The maximum atomic E-state index is 13.1. The molecule has 6 heteroatoms. The van der Waals surface area contributed by atoms with E-state index in [9.17, 15) is 13.6 Å². The molecule has 90 valence electrons. The fourth-order valence-corrected chi connectivity index (χ4v) is 0.635. The Morgan fingerprint density at radius 1 is 1.47 bits per heavy atom. The van der Waals surface area contributed by atoms with Gasteiger partial charge in [-0.25, -0.2) is 0 Å². The lowest BCUT2D eigenvalue weighted by Gasteiger charge is -2.24. The molecule has 0 rings (SSSR count). The minimum atomic E-state index is -3.39. The summed E-state index contributed by atoms with van der Waals surface area (Å²) in [5.41, 5.74) is 4.02. The largest absolute Gasteiger partial charge is 0.370 e. The zero-order valence-electron chi connectivity index (χ0n) is 9.43. The Labute approximate surface area is 88.2 Å². The number of nitrogens with one attached hydrogen (secondary N) is 1. The number of rotatable bonds is 5. The molecule has 0 saturated carbocycles. The number of carbonyl (C=O) groups is 1. The lowest BCUT2D eigenvalue weighted by Crippen LogP contribution is -2.56. The van der Waals surface area contributed by atoms with E-state index in [2.05, 4.69) is 0 Å². The Bertz CT molecular complexity index is 225. The summed E-state index contributed by atoms with van der Waals surface area (Å²) in [4.78, 5) is 11.2. The molecule has 3 N–H and O–H groups in total. The van der Waals surface area contributed by atoms with Crippen molar-refractivity contribution in [1.29, 1.82) is 0 Å². The van der Waals surface area contributed by atoms with Gasteiger partial charge in [-0.1, -0.05) is 0 Å². The summed E-state index contributed by atoms with van der Waals surface area (Å²) >= 11 is 0. The summed E-state index contributed by atoms with van der Waals surface area (Å²) in [7, 11) is 0. The van der Waals surface area contributed by atoms with Gasteiger partial charge in [0.2, 0.25) is 5.91 Å². The van der Waals surface area contributed by atoms with Crippen LogP contribution in [0.1, 0.15) is 27.7 Å². The van der Waals surface area contributed by atoms with Gasteiger partial charge < -0.3 is 10.5 Å². The van der Waals surface area contributed by atoms with Gasteiger partial charge in [-0.05, 0) is 27.7 Å². The van der Waals surface area contributed by atoms with Crippen molar-refractivity contribution in [3.8, 4) is 0 Å². The Morgan fingerprint density at radius 2 is 1.93 bits per heavy atom. The average Bonchev–Trinajstić information content (AvgIpc) is 1.98. The highest BCUT2D eigenvalue weighted by Gasteiger charge is 2.35. The number of halogens is 2. The molecule has 0 atom stereocenters. The molecule has 0 heterocycles. The van der Waals surface area contributed by atoms with Crippen LogP contribution in [-0.4, -0.2) is 30.2 Å². The monoisotopic (exact) mass is 224 g/mol. The summed E-state index contributed by atoms with van der Waals surface area (Å²) in [5, 5.41) is 1.53. The van der Waals surface area contributed by atoms with Crippen LogP contribution in [0.3, 0.4) is 0 Å². The lowest BCUT2D eigenvalue weighted by molar-refractivity contribution is -0.149. The number of hydrogen-bond donors (Lipinski definition) is 2. The van der Waals surface area contributed by atoms with Gasteiger partial charge in [-0.3, -0.25) is 10.1 Å². The molecule has 0 aliphatic rings. The molecule has 0 aromatic carbocycles. The van der Waals surface area contributed by atoms with Crippen LogP contribution in [0.5, 0.6) is 0 Å². The van der Waals surface area contributed by atoms with E-state index in [1.54, 1.807) is 13.8 Å². The summed E-state index contributed by atoms with van der Waals surface area (Å²) in [6, 6.07) is -3.39. The standard InChI is InChI=1S/C9H18F2N2O2/c1-6(2)15-5-9(10,11)13-7(14)8(3,4)12/h6H,5,12H2,1-4H3,(H,13,14). The minimum Gasteiger partial charge on any atom is -0.370 e. The van der Waals surface area contributed by atoms with Crippen molar-refractivity contribution >= 4 is 5.91 Å². The van der Waals surface area contributed by atoms with Crippen molar-refractivity contribution in [2.45, 2.75) is 45.4 Å². The molecule has 0 unspecified atom stereocenters. The first kappa shape index (κ1) is 14.2. The smallest absolute Gasteiger partial charge is 0.348 e. The summed E-state index contributed by atoms with van der Waals surface area (Å²) in [5.74, 6) is -0.917. The third kappa shape index (κ3) is 6.35.